The summed E-state index contributed by atoms with van der Waals surface area (Å²) in [5, 5.41) is 14.9. The summed E-state index contributed by atoms with van der Waals surface area (Å²) in [4.78, 5) is 12.1. The molecule has 7 heteroatoms. The van der Waals surface area contributed by atoms with E-state index in [0.717, 1.165) is 0 Å². The summed E-state index contributed by atoms with van der Waals surface area (Å²) in [6.45, 7) is 0. The van der Waals surface area contributed by atoms with E-state index in [4.69, 9.17) is 34.1 Å². The molecule has 0 aromatic heterocycles. The fraction of sp³-hybridized carbons (Fsp3) is 0. The molecule has 21 heavy (non-hydrogen) atoms. The van der Waals surface area contributed by atoms with Gasteiger partial charge in [0.2, 0.25) is 0 Å². The number of nitrogens with one attached hydrogen (secondary N) is 1. The number of nitrogens with two attached hydrogens (primary N) is 1. The van der Waals surface area contributed by atoms with Gasteiger partial charge in [-0.25, -0.2) is 0 Å². The maximum atomic E-state index is 12.1. The first-order valence-electron chi connectivity index (χ1n) is 5.85. The van der Waals surface area contributed by atoms with E-state index in [1.807, 2.05) is 0 Å². The van der Waals surface area contributed by atoms with Crippen molar-refractivity contribution in [2.24, 2.45) is 10.9 Å². The van der Waals surface area contributed by atoms with Gasteiger partial charge < -0.3 is 16.3 Å². The maximum Gasteiger partial charge on any atom is 0.255 e. The number of hydrogen-bond donors (Lipinski definition) is 3. The van der Waals surface area contributed by atoms with Crippen LogP contribution in [0.4, 0.5) is 5.69 Å². The fourth-order valence-electron chi connectivity index (χ4n) is 1.67. The molecule has 0 fully saturated rings. The Bertz CT molecular complexity index is 680. The molecule has 0 radical (unpaired) electrons. The van der Waals surface area contributed by atoms with Crippen molar-refractivity contribution in [3.8, 4) is 0 Å². The second-order valence-electron chi connectivity index (χ2n) is 4.17. The molecule has 0 atom stereocenters. The Hall–Kier alpha value is -2.24. The van der Waals surface area contributed by atoms with E-state index in [9.17, 15) is 4.79 Å². The normalized spacial score (nSPS) is 11.2. The predicted molar refractivity (Wildman–Crippen MR) is 83.4 cm³/mol. The van der Waals surface area contributed by atoms with Crippen molar-refractivity contribution in [3.05, 3.63) is 63.6 Å². The molecule has 0 aliphatic carbocycles. The number of benzene rings is 2. The second kappa shape index (κ2) is 6.47. The Morgan fingerprint density at radius 1 is 1.05 bits per heavy atom. The molecule has 2 aromatic rings. The lowest BCUT2D eigenvalue weighted by Gasteiger charge is -2.07. The molecule has 5 nitrogen and oxygen atoms in total. The van der Waals surface area contributed by atoms with Gasteiger partial charge in [-0.15, -0.1) is 0 Å². The van der Waals surface area contributed by atoms with Crippen molar-refractivity contribution in [2.75, 3.05) is 5.32 Å². The van der Waals surface area contributed by atoms with Crippen LogP contribution >= 0.6 is 23.2 Å². The topological polar surface area (TPSA) is 87.7 Å². The third kappa shape index (κ3) is 3.87. The van der Waals surface area contributed by atoms with Crippen LogP contribution < -0.4 is 11.1 Å². The molecule has 1 amide bonds. The second-order valence-corrected chi connectivity index (χ2v) is 5.05. The van der Waals surface area contributed by atoms with Crippen molar-refractivity contribution in [1.82, 2.24) is 0 Å². The lowest BCUT2D eigenvalue weighted by atomic mass is 10.1. The molecule has 0 saturated heterocycles. The van der Waals surface area contributed by atoms with Gasteiger partial charge in [0.1, 0.15) is 0 Å². The highest BCUT2D eigenvalue weighted by Gasteiger charge is 2.08. The molecule has 0 aliphatic heterocycles. The van der Waals surface area contributed by atoms with Crippen molar-refractivity contribution < 1.29 is 10.0 Å². The number of halogens is 2. The third-order valence-electron chi connectivity index (χ3n) is 2.67. The van der Waals surface area contributed by atoms with Crippen LogP contribution in [-0.2, 0) is 0 Å². The number of oxime groups is 1. The SMILES string of the molecule is NC(=NO)c1ccc(NC(=O)c2cc(Cl)cc(Cl)c2)cc1. The van der Waals surface area contributed by atoms with Crippen LogP contribution in [0.2, 0.25) is 10.0 Å². The Labute approximate surface area is 131 Å². The van der Waals surface area contributed by atoms with Crippen molar-refractivity contribution >= 4 is 40.6 Å². The minimum atomic E-state index is -0.337. The van der Waals surface area contributed by atoms with Gasteiger partial charge in [-0.3, -0.25) is 4.79 Å². The van der Waals surface area contributed by atoms with Crippen LogP contribution in [0.15, 0.2) is 47.6 Å². The predicted octanol–water partition coefficient (Wildman–Crippen LogP) is 3.34. The molecule has 0 unspecified atom stereocenters. The average molecular weight is 324 g/mol. The van der Waals surface area contributed by atoms with E-state index in [0.29, 0.717) is 26.9 Å². The van der Waals surface area contributed by atoms with Gasteiger partial charge in [0.25, 0.3) is 5.91 Å². The van der Waals surface area contributed by atoms with Gasteiger partial charge in [0.15, 0.2) is 5.84 Å². The Balaban J connectivity index is 2.16. The molecule has 108 valence electrons. The molecule has 0 aliphatic rings. The van der Waals surface area contributed by atoms with Crippen LogP contribution in [0.25, 0.3) is 0 Å². The number of hydrogen-bond acceptors (Lipinski definition) is 3. The zero-order valence-electron chi connectivity index (χ0n) is 10.7. The monoisotopic (exact) mass is 323 g/mol. The number of nitrogens with zero attached hydrogens (tertiary/aromatic N) is 1. The lowest BCUT2D eigenvalue weighted by Crippen LogP contribution is -2.14. The Morgan fingerprint density at radius 3 is 2.14 bits per heavy atom. The molecule has 0 bridgehead atoms. The van der Waals surface area contributed by atoms with E-state index in [1.165, 1.54) is 12.1 Å². The molecule has 4 N–H and O–H groups in total. The van der Waals surface area contributed by atoms with Gasteiger partial charge in [-0.2, -0.15) is 0 Å². The first kappa shape index (κ1) is 15.2. The van der Waals surface area contributed by atoms with Gasteiger partial charge in [-0.1, -0.05) is 28.4 Å². The van der Waals surface area contributed by atoms with Crippen molar-refractivity contribution in [1.29, 1.82) is 0 Å². The number of anilines is 1. The summed E-state index contributed by atoms with van der Waals surface area (Å²) in [6, 6.07) is 11.1. The number of carbonyl (C=O) groups excluding carboxylic acids is 1. The zero-order valence-corrected chi connectivity index (χ0v) is 12.2. The van der Waals surface area contributed by atoms with Crippen LogP contribution in [0.3, 0.4) is 0 Å². The largest absolute Gasteiger partial charge is 0.409 e. The quantitative estimate of drug-likeness (QED) is 0.350. The Morgan fingerprint density at radius 2 is 1.62 bits per heavy atom. The van der Waals surface area contributed by atoms with E-state index in [1.54, 1.807) is 30.3 Å². The molecule has 0 heterocycles. The van der Waals surface area contributed by atoms with Crippen LogP contribution in [0, 0.1) is 0 Å². The first-order valence-corrected chi connectivity index (χ1v) is 6.60. The van der Waals surface area contributed by atoms with Crippen LogP contribution in [0.5, 0.6) is 0 Å². The highest BCUT2D eigenvalue weighted by Crippen LogP contribution is 2.20. The molecular weight excluding hydrogens is 313 g/mol. The van der Waals surface area contributed by atoms with Gasteiger partial charge in [-0.05, 0) is 42.5 Å². The summed E-state index contributed by atoms with van der Waals surface area (Å²) < 4.78 is 0. The standard InChI is InChI=1S/C14H11Cl2N3O2/c15-10-5-9(6-11(16)7-10)14(20)18-12-3-1-8(2-4-12)13(17)19-21/h1-7,21H,(H2,17,19)(H,18,20). The lowest BCUT2D eigenvalue weighted by molar-refractivity contribution is 0.102. The summed E-state index contributed by atoms with van der Waals surface area (Å²) >= 11 is 11.7. The number of rotatable bonds is 3. The van der Waals surface area contributed by atoms with Gasteiger partial charge in [0.05, 0.1) is 0 Å². The van der Waals surface area contributed by atoms with Crippen molar-refractivity contribution in [2.45, 2.75) is 0 Å². The van der Waals surface area contributed by atoms with E-state index in [2.05, 4.69) is 10.5 Å². The molecular formula is C14H11Cl2N3O2. The highest BCUT2D eigenvalue weighted by atomic mass is 35.5. The van der Waals surface area contributed by atoms with Crippen molar-refractivity contribution in [3.63, 3.8) is 0 Å². The Kier molecular flexibility index (Phi) is 4.67. The van der Waals surface area contributed by atoms with E-state index < -0.39 is 0 Å². The summed E-state index contributed by atoms with van der Waals surface area (Å²) in [7, 11) is 0. The third-order valence-corrected chi connectivity index (χ3v) is 3.11. The smallest absolute Gasteiger partial charge is 0.255 e. The molecule has 2 aromatic carbocycles. The fourth-order valence-corrected chi connectivity index (χ4v) is 2.20. The van der Waals surface area contributed by atoms with Crippen LogP contribution in [0.1, 0.15) is 15.9 Å². The minimum absolute atomic E-state index is 0.00509. The average Bonchev–Trinajstić information content (AvgIpc) is 2.46. The summed E-state index contributed by atoms with van der Waals surface area (Å²) in [6.07, 6.45) is 0. The van der Waals surface area contributed by atoms with Gasteiger partial charge in [0, 0.05) is 26.9 Å². The van der Waals surface area contributed by atoms with Crippen LogP contribution in [-0.4, -0.2) is 17.0 Å². The summed E-state index contributed by atoms with van der Waals surface area (Å²) in [5.41, 5.74) is 6.91. The zero-order chi connectivity index (χ0) is 15.4. The van der Waals surface area contributed by atoms with E-state index in [-0.39, 0.29) is 11.7 Å². The first-order chi connectivity index (χ1) is 9.99. The maximum absolute atomic E-state index is 12.1. The summed E-state index contributed by atoms with van der Waals surface area (Å²) in [5.74, 6) is -0.342. The molecule has 0 saturated carbocycles. The molecule has 0 spiro atoms. The number of carbonyl (C=O) groups is 1. The minimum Gasteiger partial charge on any atom is -0.409 e. The van der Waals surface area contributed by atoms with Gasteiger partial charge >= 0.3 is 0 Å². The number of amides is 1. The molecule has 2 rings (SSSR count). The number of amidine groups is 1. The van der Waals surface area contributed by atoms with E-state index >= 15 is 0 Å². The highest BCUT2D eigenvalue weighted by molar-refractivity contribution is 6.35.